The topological polar surface area (TPSA) is 67.4 Å². The molecule has 2 heterocycles. The molecule has 5 nitrogen and oxygen atoms in total. The summed E-state index contributed by atoms with van der Waals surface area (Å²) in [5.41, 5.74) is 13.2. The van der Waals surface area contributed by atoms with E-state index in [1.807, 2.05) is 72.8 Å². The maximum atomic E-state index is 10.2. The molecular weight excluding hydrogens is 743 g/mol. The highest BCUT2D eigenvalue weighted by Gasteiger charge is 2.16. The van der Waals surface area contributed by atoms with Gasteiger partial charge in [-0.05, 0) is 86.6 Å². The van der Waals surface area contributed by atoms with Gasteiger partial charge in [0.25, 0.3) is 0 Å². The first-order valence-corrected chi connectivity index (χ1v) is 20.3. The van der Waals surface area contributed by atoms with Crippen LogP contribution in [0.1, 0.15) is 5.56 Å². The van der Waals surface area contributed by atoms with Gasteiger partial charge in [-0.15, -0.1) is 0 Å². The van der Waals surface area contributed by atoms with Crippen molar-refractivity contribution in [3.63, 3.8) is 0 Å². The summed E-state index contributed by atoms with van der Waals surface area (Å²) in [6.07, 6.45) is 0. The van der Waals surface area contributed by atoms with Gasteiger partial charge in [0, 0.05) is 33.2 Å². The first kappa shape index (κ1) is 35.7. The molecule has 0 spiro atoms. The summed E-state index contributed by atoms with van der Waals surface area (Å²) in [5, 5.41) is 15.0. The molecule has 11 aromatic rings. The standard InChI is InChI=1S/C56H35N5/c57-36-37-33-43(38-27-29-45(30-28-38)61-52-21-11-9-19-50(52)51-20-10-12-22-53(51)61)35-44(34-37)47-32-31-46(48-17-7-8-18-49(47)48)39-23-25-42(26-24-39)56-59-54(40-13-3-1-4-14-40)58-55(60-56)41-15-5-2-6-16-41/h1-35H. The van der Waals surface area contributed by atoms with E-state index in [2.05, 4.69) is 150 Å². The van der Waals surface area contributed by atoms with Crippen LogP contribution in [0.25, 0.3) is 106 Å². The number of nitriles is 1. The lowest BCUT2D eigenvalue weighted by atomic mass is 9.90. The SMILES string of the molecule is N#Cc1cc(-c2ccc(-n3c4ccccc4c4ccccc43)cc2)cc(-c2ccc(-c3ccc(-c4nc(-c5ccccc5)nc(-c5ccccc5)n4)cc3)c3ccccc23)c1. The lowest BCUT2D eigenvalue weighted by molar-refractivity contribution is 1.07. The Hall–Kier alpha value is -8.46. The molecule has 0 saturated carbocycles. The van der Waals surface area contributed by atoms with E-state index in [1.54, 1.807) is 0 Å². The van der Waals surface area contributed by atoms with Crippen molar-refractivity contribution in [2.45, 2.75) is 0 Å². The molecule has 0 radical (unpaired) electrons. The number of hydrogen-bond donors (Lipinski definition) is 0. The fraction of sp³-hybridized carbons (Fsp3) is 0. The summed E-state index contributed by atoms with van der Waals surface area (Å²) in [4.78, 5) is 14.7. The predicted molar refractivity (Wildman–Crippen MR) is 249 cm³/mol. The molecule has 5 heteroatoms. The number of hydrogen-bond acceptors (Lipinski definition) is 4. The minimum Gasteiger partial charge on any atom is -0.309 e. The second kappa shape index (κ2) is 15.0. The molecule has 0 aliphatic rings. The zero-order chi connectivity index (χ0) is 40.7. The zero-order valence-corrected chi connectivity index (χ0v) is 32.9. The van der Waals surface area contributed by atoms with E-state index in [0.29, 0.717) is 23.0 Å². The van der Waals surface area contributed by atoms with Crippen molar-refractivity contribution in [3.05, 3.63) is 218 Å². The van der Waals surface area contributed by atoms with E-state index in [1.165, 1.54) is 21.8 Å². The Morgan fingerprint density at radius 2 is 0.738 bits per heavy atom. The maximum absolute atomic E-state index is 10.2. The highest BCUT2D eigenvalue weighted by molar-refractivity contribution is 6.09. The first-order valence-electron chi connectivity index (χ1n) is 20.3. The Morgan fingerprint density at radius 1 is 0.328 bits per heavy atom. The molecule has 9 aromatic carbocycles. The van der Waals surface area contributed by atoms with Gasteiger partial charge in [-0.3, -0.25) is 0 Å². The van der Waals surface area contributed by atoms with E-state index in [9.17, 15) is 5.26 Å². The lowest BCUT2D eigenvalue weighted by Gasteiger charge is -2.14. The van der Waals surface area contributed by atoms with Crippen LogP contribution in [0.3, 0.4) is 0 Å². The third-order valence-corrected chi connectivity index (χ3v) is 11.5. The third-order valence-electron chi connectivity index (χ3n) is 11.5. The molecule has 0 saturated heterocycles. The molecule has 61 heavy (non-hydrogen) atoms. The average molecular weight is 778 g/mol. The molecule has 0 atom stereocenters. The van der Waals surface area contributed by atoms with Crippen LogP contribution in [0, 0.1) is 11.3 Å². The Labute approximate surface area is 353 Å². The van der Waals surface area contributed by atoms with Crippen molar-refractivity contribution >= 4 is 32.6 Å². The number of para-hydroxylation sites is 2. The fourth-order valence-corrected chi connectivity index (χ4v) is 8.56. The number of benzene rings is 9. The molecule has 0 aliphatic carbocycles. The van der Waals surface area contributed by atoms with Gasteiger partial charge in [-0.2, -0.15) is 5.26 Å². The number of aromatic nitrogens is 4. The van der Waals surface area contributed by atoms with Crippen molar-refractivity contribution in [3.8, 4) is 79.3 Å². The van der Waals surface area contributed by atoms with E-state index in [4.69, 9.17) is 15.0 Å². The van der Waals surface area contributed by atoms with Gasteiger partial charge >= 0.3 is 0 Å². The number of rotatable bonds is 7. The minimum atomic E-state index is 0.617. The molecule has 0 unspecified atom stereocenters. The van der Waals surface area contributed by atoms with E-state index in [0.717, 1.165) is 66.5 Å². The van der Waals surface area contributed by atoms with Crippen LogP contribution in [-0.4, -0.2) is 19.5 Å². The normalized spacial score (nSPS) is 11.3. The monoisotopic (exact) mass is 777 g/mol. The zero-order valence-electron chi connectivity index (χ0n) is 32.9. The van der Waals surface area contributed by atoms with E-state index in [-0.39, 0.29) is 0 Å². The van der Waals surface area contributed by atoms with Crippen LogP contribution >= 0.6 is 0 Å². The molecule has 0 N–H and O–H groups in total. The molecule has 2 aromatic heterocycles. The highest BCUT2D eigenvalue weighted by atomic mass is 15.0. The molecule has 284 valence electrons. The van der Waals surface area contributed by atoms with Crippen molar-refractivity contribution in [2.75, 3.05) is 0 Å². The van der Waals surface area contributed by atoms with Gasteiger partial charge < -0.3 is 4.57 Å². The van der Waals surface area contributed by atoms with Crippen molar-refractivity contribution < 1.29 is 0 Å². The molecule has 11 rings (SSSR count). The Kier molecular flexibility index (Phi) is 8.80. The second-order valence-corrected chi connectivity index (χ2v) is 15.1. The third kappa shape index (κ3) is 6.50. The fourth-order valence-electron chi connectivity index (χ4n) is 8.56. The van der Waals surface area contributed by atoms with Gasteiger partial charge in [-0.25, -0.2) is 15.0 Å². The van der Waals surface area contributed by atoms with Crippen LogP contribution in [0.5, 0.6) is 0 Å². The lowest BCUT2D eigenvalue weighted by Crippen LogP contribution is -2.00. The minimum absolute atomic E-state index is 0.617. The van der Waals surface area contributed by atoms with E-state index < -0.39 is 0 Å². The number of nitrogens with zero attached hydrogens (tertiary/aromatic N) is 5. The quantitative estimate of drug-likeness (QED) is 0.162. The largest absolute Gasteiger partial charge is 0.309 e. The molecule has 0 amide bonds. The smallest absolute Gasteiger partial charge is 0.164 e. The van der Waals surface area contributed by atoms with Crippen LogP contribution < -0.4 is 0 Å². The molecular formula is C56H35N5. The summed E-state index contributed by atoms with van der Waals surface area (Å²) >= 11 is 0. The molecule has 0 aliphatic heterocycles. The van der Waals surface area contributed by atoms with Crippen LogP contribution in [0.15, 0.2) is 212 Å². The summed E-state index contributed by atoms with van der Waals surface area (Å²) in [6.45, 7) is 0. The Balaban J connectivity index is 0.946. The summed E-state index contributed by atoms with van der Waals surface area (Å²) in [5.74, 6) is 1.89. The Bertz CT molecular complexity index is 3340. The van der Waals surface area contributed by atoms with Crippen molar-refractivity contribution in [1.29, 1.82) is 5.26 Å². The summed E-state index contributed by atoms with van der Waals surface area (Å²) in [7, 11) is 0. The Morgan fingerprint density at radius 3 is 1.26 bits per heavy atom. The van der Waals surface area contributed by atoms with Crippen LogP contribution in [-0.2, 0) is 0 Å². The van der Waals surface area contributed by atoms with Gasteiger partial charge in [0.1, 0.15) is 0 Å². The van der Waals surface area contributed by atoms with Gasteiger partial charge in [0.15, 0.2) is 17.5 Å². The summed E-state index contributed by atoms with van der Waals surface area (Å²) in [6, 6.07) is 75.8. The van der Waals surface area contributed by atoms with E-state index >= 15 is 0 Å². The van der Waals surface area contributed by atoms with Crippen molar-refractivity contribution in [2.24, 2.45) is 0 Å². The van der Waals surface area contributed by atoms with Gasteiger partial charge in [-0.1, -0.05) is 170 Å². The molecule has 0 bridgehead atoms. The first-order chi connectivity index (χ1) is 30.2. The molecule has 0 fully saturated rings. The van der Waals surface area contributed by atoms with Crippen LogP contribution in [0.4, 0.5) is 0 Å². The van der Waals surface area contributed by atoms with Gasteiger partial charge in [0.05, 0.1) is 22.7 Å². The second-order valence-electron chi connectivity index (χ2n) is 15.1. The summed E-state index contributed by atoms with van der Waals surface area (Å²) < 4.78 is 2.32. The number of fused-ring (bicyclic) bond motifs is 4. The van der Waals surface area contributed by atoms with Gasteiger partial charge in [0.2, 0.25) is 0 Å². The highest BCUT2D eigenvalue weighted by Crippen LogP contribution is 2.39. The van der Waals surface area contributed by atoms with Crippen LogP contribution in [0.2, 0.25) is 0 Å². The average Bonchev–Trinajstić information content (AvgIpc) is 3.68. The maximum Gasteiger partial charge on any atom is 0.164 e. The predicted octanol–water partition coefficient (Wildman–Crippen LogP) is 14.0. The van der Waals surface area contributed by atoms with Crippen molar-refractivity contribution in [1.82, 2.24) is 19.5 Å².